The van der Waals surface area contributed by atoms with E-state index in [0.29, 0.717) is 18.1 Å². The van der Waals surface area contributed by atoms with Crippen molar-refractivity contribution in [3.8, 4) is 0 Å². The Morgan fingerprint density at radius 3 is 2.87 bits per heavy atom. The fourth-order valence-corrected chi connectivity index (χ4v) is 3.25. The number of ether oxygens (including phenoxy) is 2. The molecule has 0 bridgehead atoms. The van der Waals surface area contributed by atoms with Crippen LogP contribution in [0.3, 0.4) is 0 Å². The molecule has 3 aliphatic rings. The van der Waals surface area contributed by atoms with E-state index in [2.05, 4.69) is 0 Å². The molecule has 0 amide bonds. The topological polar surface area (TPSA) is 42.0 Å². The average molecular weight is 212 g/mol. The number of fused-ring (bicyclic) bond motifs is 1. The summed E-state index contributed by atoms with van der Waals surface area (Å²) in [4.78, 5) is 0. The van der Waals surface area contributed by atoms with E-state index in [1.807, 2.05) is 0 Å². The molecule has 3 heteroatoms. The van der Waals surface area contributed by atoms with Crippen molar-refractivity contribution < 1.29 is 14.6 Å². The smallest absolute Gasteiger partial charge is 0.118 e. The Bertz CT molecular complexity index is 237. The van der Waals surface area contributed by atoms with E-state index in [1.165, 1.54) is 25.7 Å². The number of hydrogen-bond acceptors (Lipinski definition) is 3. The zero-order valence-corrected chi connectivity index (χ0v) is 9.15. The van der Waals surface area contributed by atoms with Crippen molar-refractivity contribution in [1.82, 2.24) is 0 Å². The molecule has 1 aliphatic carbocycles. The third-order valence-corrected chi connectivity index (χ3v) is 4.37. The first kappa shape index (κ1) is 10.1. The monoisotopic (exact) mass is 212 g/mol. The van der Waals surface area contributed by atoms with Crippen LogP contribution >= 0.6 is 0 Å². The Morgan fingerprint density at radius 2 is 2.20 bits per heavy atom. The standard InChI is InChI=1S/C12H20O3/c13-8-12-5-4-9(7-11(12)15-12)10-3-1-2-6-14-10/h9-11,13H,1-8H2. The van der Waals surface area contributed by atoms with Gasteiger partial charge in [0.15, 0.2) is 0 Å². The van der Waals surface area contributed by atoms with Gasteiger partial charge in [-0.05, 0) is 44.4 Å². The molecule has 4 unspecified atom stereocenters. The van der Waals surface area contributed by atoms with Gasteiger partial charge in [0.2, 0.25) is 0 Å². The summed E-state index contributed by atoms with van der Waals surface area (Å²) in [7, 11) is 0. The number of epoxide rings is 1. The minimum Gasteiger partial charge on any atom is -0.393 e. The molecule has 0 aromatic rings. The van der Waals surface area contributed by atoms with Crippen molar-refractivity contribution in [2.45, 2.75) is 56.3 Å². The molecular weight excluding hydrogens is 192 g/mol. The zero-order valence-electron chi connectivity index (χ0n) is 9.15. The van der Waals surface area contributed by atoms with E-state index >= 15 is 0 Å². The Balaban J connectivity index is 1.57. The van der Waals surface area contributed by atoms with Gasteiger partial charge in [0, 0.05) is 6.61 Å². The SMILES string of the molecule is OCC12CCC(C3CCCCO3)CC1O2. The van der Waals surface area contributed by atoms with Crippen molar-refractivity contribution in [2.75, 3.05) is 13.2 Å². The van der Waals surface area contributed by atoms with E-state index in [-0.39, 0.29) is 12.2 Å². The van der Waals surface area contributed by atoms with E-state index in [1.54, 1.807) is 0 Å². The van der Waals surface area contributed by atoms with Crippen LogP contribution in [-0.2, 0) is 9.47 Å². The third kappa shape index (κ3) is 1.71. The highest BCUT2D eigenvalue weighted by Gasteiger charge is 2.59. The molecule has 3 nitrogen and oxygen atoms in total. The van der Waals surface area contributed by atoms with Gasteiger partial charge in [-0.2, -0.15) is 0 Å². The van der Waals surface area contributed by atoms with E-state index in [0.717, 1.165) is 19.4 Å². The zero-order chi connectivity index (χ0) is 10.3. The van der Waals surface area contributed by atoms with Crippen LogP contribution in [0, 0.1) is 5.92 Å². The fourth-order valence-electron chi connectivity index (χ4n) is 3.25. The van der Waals surface area contributed by atoms with Gasteiger partial charge in [0.05, 0.1) is 18.8 Å². The van der Waals surface area contributed by atoms with Crippen LogP contribution < -0.4 is 0 Å². The molecule has 0 aromatic carbocycles. The van der Waals surface area contributed by atoms with Gasteiger partial charge in [-0.15, -0.1) is 0 Å². The second-order valence-electron chi connectivity index (χ2n) is 5.27. The Labute approximate surface area is 90.8 Å². The summed E-state index contributed by atoms with van der Waals surface area (Å²) in [6, 6.07) is 0. The Kier molecular flexibility index (Phi) is 2.49. The average Bonchev–Trinajstić information content (AvgIpc) is 3.04. The molecule has 0 spiro atoms. The number of hydrogen-bond donors (Lipinski definition) is 1. The van der Waals surface area contributed by atoms with Gasteiger partial charge >= 0.3 is 0 Å². The molecule has 4 atom stereocenters. The molecule has 2 heterocycles. The van der Waals surface area contributed by atoms with Crippen LogP contribution in [0.25, 0.3) is 0 Å². The lowest BCUT2D eigenvalue weighted by atomic mass is 9.78. The number of aliphatic hydroxyl groups excluding tert-OH is 1. The molecular formula is C12H20O3. The summed E-state index contributed by atoms with van der Waals surface area (Å²) >= 11 is 0. The van der Waals surface area contributed by atoms with Crippen LogP contribution in [0.4, 0.5) is 0 Å². The van der Waals surface area contributed by atoms with E-state index < -0.39 is 0 Å². The van der Waals surface area contributed by atoms with Gasteiger partial charge in [0.25, 0.3) is 0 Å². The maximum atomic E-state index is 9.23. The van der Waals surface area contributed by atoms with Crippen molar-refractivity contribution in [3.63, 3.8) is 0 Å². The third-order valence-electron chi connectivity index (χ3n) is 4.37. The van der Waals surface area contributed by atoms with Crippen LogP contribution in [0.15, 0.2) is 0 Å². The normalized spacial score (nSPS) is 49.8. The molecule has 86 valence electrons. The highest BCUT2D eigenvalue weighted by Crippen LogP contribution is 2.50. The molecule has 3 rings (SSSR count). The predicted octanol–water partition coefficient (Wildman–Crippen LogP) is 1.49. The molecule has 1 N–H and O–H groups in total. The quantitative estimate of drug-likeness (QED) is 0.705. The molecule has 2 aliphatic heterocycles. The second kappa shape index (κ2) is 3.72. The Hall–Kier alpha value is -0.120. The first-order valence-corrected chi connectivity index (χ1v) is 6.24. The Morgan fingerprint density at radius 1 is 1.27 bits per heavy atom. The molecule has 2 saturated heterocycles. The lowest BCUT2D eigenvalue weighted by Crippen LogP contribution is -2.35. The summed E-state index contributed by atoms with van der Waals surface area (Å²) in [5.74, 6) is 0.678. The van der Waals surface area contributed by atoms with Crippen molar-refractivity contribution in [1.29, 1.82) is 0 Å². The van der Waals surface area contributed by atoms with Gasteiger partial charge in [-0.1, -0.05) is 0 Å². The summed E-state index contributed by atoms with van der Waals surface area (Å²) in [6.45, 7) is 1.15. The van der Waals surface area contributed by atoms with E-state index in [4.69, 9.17) is 9.47 Å². The lowest BCUT2D eigenvalue weighted by Gasteiger charge is -2.33. The predicted molar refractivity (Wildman–Crippen MR) is 55.6 cm³/mol. The minimum atomic E-state index is -0.134. The summed E-state index contributed by atoms with van der Waals surface area (Å²) in [5, 5.41) is 9.23. The largest absolute Gasteiger partial charge is 0.393 e. The first-order chi connectivity index (χ1) is 7.34. The second-order valence-corrected chi connectivity index (χ2v) is 5.27. The van der Waals surface area contributed by atoms with Crippen molar-refractivity contribution in [2.24, 2.45) is 5.92 Å². The van der Waals surface area contributed by atoms with Crippen LogP contribution in [0.5, 0.6) is 0 Å². The molecule has 3 fully saturated rings. The van der Waals surface area contributed by atoms with Crippen LogP contribution in [0.1, 0.15) is 38.5 Å². The molecule has 0 radical (unpaired) electrons. The lowest BCUT2D eigenvalue weighted by molar-refractivity contribution is -0.0309. The minimum absolute atomic E-state index is 0.134. The van der Waals surface area contributed by atoms with Gasteiger partial charge < -0.3 is 14.6 Å². The molecule has 15 heavy (non-hydrogen) atoms. The maximum Gasteiger partial charge on any atom is 0.118 e. The van der Waals surface area contributed by atoms with Gasteiger partial charge in [-0.3, -0.25) is 0 Å². The fraction of sp³-hybridized carbons (Fsp3) is 1.00. The molecule has 1 saturated carbocycles. The molecule has 0 aromatic heterocycles. The van der Waals surface area contributed by atoms with Crippen molar-refractivity contribution >= 4 is 0 Å². The first-order valence-electron chi connectivity index (χ1n) is 6.24. The highest BCUT2D eigenvalue weighted by molar-refractivity contribution is 5.07. The number of aliphatic hydroxyl groups is 1. The summed E-state index contributed by atoms with van der Waals surface area (Å²) < 4.78 is 11.5. The highest BCUT2D eigenvalue weighted by atomic mass is 16.6. The van der Waals surface area contributed by atoms with Gasteiger partial charge in [0.1, 0.15) is 5.60 Å². The van der Waals surface area contributed by atoms with Crippen molar-refractivity contribution in [3.05, 3.63) is 0 Å². The van der Waals surface area contributed by atoms with E-state index in [9.17, 15) is 5.11 Å². The summed E-state index contributed by atoms with van der Waals surface area (Å²) in [5.41, 5.74) is -0.134. The van der Waals surface area contributed by atoms with Gasteiger partial charge in [-0.25, -0.2) is 0 Å². The van der Waals surface area contributed by atoms with Crippen LogP contribution in [0.2, 0.25) is 0 Å². The number of rotatable bonds is 2. The van der Waals surface area contributed by atoms with Crippen LogP contribution in [-0.4, -0.2) is 36.1 Å². The maximum absolute atomic E-state index is 9.23. The summed E-state index contributed by atoms with van der Waals surface area (Å²) in [6.07, 6.45) is 7.86.